The molecule has 1 rings (SSSR count). The summed E-state index contributed by atoms with van der Waals surface area (Å²) >= 11 is 0. The number of nitrogens with two attached hydrogens (primary N) is 2. The first-order chi connectivity index (χ1) is 6.38. The van der Waals surface area contributed by atoms with Crippen molar-refractivity contribution in [3.05, 3.63) is 11.8 Å². The average Bonchev–Trinajstić information content (AvgIpc) is 2.00. The van der Waals surface area contributed by atoms with E-state index in [2.05, 4.69) is 9.97 Å². The van der Waals surface area contributed by atoms with Crippen LogP contribution in [0.3, 0.4) is 0 Å². The van der Waals surface area contributed by atoms with Crippen molar-refractivity contribution in [2.45, 2.75) is 6.42 Å². The second-order valence-electron chi connectivity index (χ2n) is 3.02. The Balaban J connectivity index is 2.78. The summed E-state index contributed by atoms with van der Waals surface area (Å²) in [5, 5.41) is 0. The van der Waals surface area contributed by atoms with E-state index in [1.165, 1.54) is 12.5 Å². The molecule has 14 heavy (non-hydrogen) atoms. The molecule has 0 bridgehead atoms. The molecule has 6 nitrogen and oxygen atoms in total. The molecule has 0 amide bonds. The van der Waals surface area contributed by atoms with Crippen molar-refractivity contribution >= 4 is 21.6 Å². The van der Waals surface area contributed by atoms with Crippen molar-refractivity contribution in [2.75, 3.05) is 23.5 Å². The first-order valence-electron chi connectivity index (χ1n) is 3.93. The van der Waals surface area contributed by atoms with Gasteiger partial charge < -0.3 is 11.5 Å². The molecule has 7 heteroatoms. The van der Waals surface area contributed by atoms with Crippen LogP contribution in [0.4, 0.5) is 11.8 Å². The van der Waals surface area contributed by atoms with E-state index in [1.54, 1.807) is 0 Å². The lowest BCUT2D eigenvalue weighted by Crippen LogP contribution is -2.09. The lowest BCUT2D eigenvalue weighted by Gasteiger charge is -2.03. The second-order valence-corrected chi connectivity index (χ2v) is 5.28. The van der Waals surface area contributed by atoms with Crippen molar-refractivity contribution in [1.29, 1.82) is 0 Å². The van der Waals surface area contributed by atoms with E-state index in [0.717, 1.165) is 0 Å². The van der Waals surface area contributed by atoms with Gasteiger partial charge in [-0.15, -0.1) is 0 Å². The van der Waals surface area contributed by atoms with Crippen LogP contribution in [-0.4, -0.2) is 30.4 Å². The molecule has 4 N–H and O–H groups in total. The quantitative estimate of drug-likeness (QED) is 0.686. The maximum absolute atomic E-state index is 10.9. The Hall–Kier alpha value is -1.37. The fraction of sp³-hybridized carbons (Fsp3) is 0.429. The monoisotopic (exact) mass is 216 g/mol. The molecule has 0 aliphatic heterocycles. The molecule has 1 heterocycles. The average molecular weight is 216 g/mol. The molecule has 0 spiro atoms. The molecule has 0 aliphatic carbocycles. The van der Waals surface area contributed by atoms with Crippen LogP contribution in [0.25, 0.3) is 0 Å². The molecule has 0 radical (unpaired) electrons. The minimum atomic E-state index is -2.99. The highest BCUT2D eigenvalue weighted by Gasteiger charge is 2.07. The van der Waals surface area contributed by atoms with E-state index in [9.17, 15) is 8.42 Å². The van der Waals surface area contributed by atoms with Crippen molar-refractivity contribution < 1.29 is 8.42 Å². The van der Waals surface area contributed by atoms with E-state index >= 15 is 0 Å². The molecule has 0 unspecified atom stereocenters. The fourth-order valence-electron chi connectivity index (χ4n) is 0.922. The van der Waals surface area contributed by atoms with Crippen molar-refractivity contribution in [3.63, 3.8) is 0 Å². The normalized spacial score (nSPS) is 11.5. The highest BCUT2D eigenvalue weighted by molar-refractivity contribution is 7.90. The van der Waals surface area contributed by atoms with Gasteiger partial charge in [0.15, 0.2) is 0 Å². The Morgan fingerprint density at radius 3 is 2.57 bits per heavy atom. The van der Waals surface area contributed by atoms with Crippen molar-refractivity contribution in [1.82, 2.24) is 9.97 Å². The van der Waals surface area contributed by atoms with Gasteiger partial charge in [0.05, 0.1) is 5.75 Å². The molecule has 1 aromatic heterocycles. The molecule has 78 valence electrons. The van der Waals surface area contributed by atoms with Crippen LogP contribution in [0.5, 0.6) is 0 Å². The number of aryl methyl sites for hydroxylation is 1. The number of aromatic nitrogens is 2. The van der Waals surface area contributed by atoms with Gasteiger partial charge in [0, 0.05) is 18.0 Å². The minimum absolute atomic E-state index is 0.0322. The summed E-state index contributed by atoms with van der Waals surface area (Å²) in [7, 11) is -2.99. The number of anilines is 2. The van der Waals surface area contributed by atoms with Gasteiger partial charge in [0.25, 0.3) is 0 Å². The molecule has 0 fully saturated rings. The number of rotatable bonds is 3. The van der Waals surface area contributed by atoms with E-state index in [-0.39, 0.29) is 17.5 Å². The molecular weight excluding hydrogens is 204 g/mol. The predicted molar refractivity (Wildman–Crippen MR) is 54.3 cm³/mol. The molecule has 1 aromatic rings. The highest BCUT2D eigenvalue weighted by atomic mass is 32.2. The summed E-state index contributed by atoms with van der Waals surface area (Å²) in [6.07, 6.45) is 2.93. The van der Waals surface area contributed by atoms with Crippen LogP contribution in [0.2, 0.25) is 0 Å². The maximum Gasteiger partial charge on any atom is 0.221 e. The number of hydrogen-bond donors (Lipinski definition) is 2. The van der Waals surface area contributed by atoms with Gasteiger partial charge in [0.1, 0.15) is 15.7 Å². The molecule has 0 saturated heterocycles. The van der Waals surface area contributed by atoms with E-state index < -0.39 is 9.84 Å². The fourth-order valence-corrected chi connectivity index (χ4v) is 1.51. The summed E-state index contributed by atoms with van der Waals surface area (Å²) < 4.78 is 21.8. The summed E-state index contributed by atoms with van der Waals surface area (Å²) in [6, 6.07) is 0. The van der Waals surface area contributed by atoms with Gasteiger partial charge in [-0.1, -0.05) is 0 Å². The first kappa shape index (κ1) is 10.7. The van der Waals surface area contributed by atoms with Gasteiger partial charge in [-0.2, -0.15) is 4.98 Å². The van der Waals surface area contributed by atoms with Crippen molar-refractivity contribution in [2.24, 2.45) is 0 Å². The third kappa shape index (κ3) is 3.17. The smallest absolute Gasteiger partial charge is 0.221 e. The van der Waals surface area contributed by atoms with Crippen LogP contribution in [0, 0.1) is 0 Å². The Morgan fingerprint density at radius 1 is 1.43 bits per heavy atom. The maximum atomic E-state index is 10.9. The van der Waals surface area contributed by atoms with Gasteiger partial charge in [-0.25, -0.2) is 13.4 Å². The Bertz CT molecular complexity index is 429. The van der Waals surface area contributed by atoms with Crippen LogP contribution in [0.15, 0.2) is 6.20 Å². The third-order valence-corrected chi connectivity index (χ3v) is 2.60. The topological polar surface area (TPSA) is 112 Å². The molecule has 0 saturated carbocycles. The number of sulfone groups is 1. The highest BCUT2D eigenvalue weighted by Crippen LogP contribution is 2.09. The van der Waals surface area contributed by atoms with Gasteiger partial charge in [0.2, 0.25) is 5.95 Å². The first-order valence-corrected chi connectivity index (χ1v) is 5.99. The zero-order valence-electron chi connectivity index (χ0n) is 7.77. The Morgan fingerprint density at radius 2 is 2.07 bits per heavy atom. The number of nitrogen functional groups attached to an aromatic ring is 2. The van der Waals surface area contributed by atoms with Gasteiger partial charge in [-0.05, 0) is 6.42 Å². The van der Waals surface area contributed by atoms with E-state index in [0.29, 0.717) is 12.0 Å². The Kier molecular flexibility index (Phi) is 2.90. The second kappa shape index (κ2) is 3.79. The molecule has 0 aliphatic rings. The lowest BCUT2D eigenvalue weighted by molar-refractivity contribution is 0.601. The SMILES string of the molecule is CS(=O)(=O)CCc1cnc(N)nc1N. The molecular formula is C7H12N4O2S. The lowest BCUT2D eigenvalue weighted by atomic mass is 10.2. The van der Waals surface area contributed by atoms with Crippen LogP contribution < -0.4 is 11.5 Å². The van der Waals surface area contributed by atoms with Crippen molar-refractivity contribution in [3.8, 4) is 0 Å². The zero-order chi connectivity index (χ0) is 10.8. The summed E-state index contributed by atoms with van der Waals surface area (Å²) in [4.78, 5) is 7.46. The summed E-state index contributed by atoms with van der Waals surface area (Å²) in [5.41, 5.74) is 11.4. The summed E-state index contributed by atoms with van der Waals surface area (Å²) in [6.45, 7) is 0. The van der Waals surface area contributed by atoms with Crippen LogP contribution in [-0.2, 0) is 16.3 Å². The molecule has 0 aromatic carbocycles. The molecule has 0 atom stereocenters. The third-order valence-electron chi connectivity index (χ3n) is 1.66. The van der Waals surface area contributed by atoms with E-state index in [1.807, 2.05) is 0 Å². The zero-order valence-corrected chi connectivity index (χ0v) is 8.58. The van der Waals surface area contributed by atoms with Crippen LogP contribution in [0.1, 0.15) is 5.56 Å². The van der Waals surface area contributed by atoms with Gasteiger partial charge >= 0.3 is 0 Å². The summed E-state index contributed by atoms with van der Waals surface area (Å²) in [5.74, 6) is 0.358. The predicted octanol–water partition coefficient (Wildman–Crippen LogP) is -0.772. The largest absolute Gasteiger partial charge is 0.383 e. The minimum Gasteiger partial charge on any atom is -0.383 e. The number of nitrogens with zero attached hydrogens (tertiary/aromatic N) is 2. The van der Waals surface area contributed by atoms with Crippen LogP contribution >= 0.6 is 0 Å². The Labute approximate surface area is 82.3 Å². The van der Waals surface area contributed by atoms with E-state index in [4.69, 9.17) is 11.5 Å². The number of hydrogen-bond acceptors (Lipinski definition) is 6. The van der Waals surface area contributed by atoms with Gasteiger partial charge in [-0.3, -0.25) is 0 Å². The standard InChI is InChI=1S/C7H12N4O2S/c1-14(12,13)3-2-5-4-10-7(9)11-6(5)8/h4H,2-3H2,1H3,(H4,8,9,10,11).